The fourth-order valence-corrected chi connectivity index (χ4v) is 1.23. The molecule has 0 spiro atoms. The SMILES string of the molecule is Cc1c(C(=O)n2ccnc2)cnn1C. The first-order chi connectivity index (χ1) is 6.70. The van der Waals surface area contributed by atoms with Crippen molar-refractivity contribution in [2.45, 2.75) is 6.92 Å². The normalized spacial score (nSPS) is 10.4. The lowest BCUT2D eigenvalue weighted by atomic mass is 10.2. The summed E-state index contributed by atoms with van der Waals surface area (Å²) in [4.78, 5) is 15.6. The highest BCUT2D eigenvalue weighted by Crippen LogP contribution is 2.07. The van der Waals surface area contributed by atoms with E-state index in [4.69, 9.17) is 0 Å². The molecule has 2 rings (SSSR count). The zero-order valence-electron chi connectivity index (χ0n) is 8.01. The van der Waals surface area contributed by atoms with Crippen molar-refractivity contribution >= 4 is 5.91 Å². The predicted octanol–water partition coefficient (Wildman–Crippen LogP) is 0.614. The van der Waals surface area contributed by atoms with Crippen LogP contribution in [0.1, 0.15) is 16.1 Å². The third kappa shape index (κ3) is 1.22. The molecule has 0 amide bonds. The Labute approximate surface area is 81.0 Å². The van der Waals surface area contributed by atoms with Gasteiger partial charge in [-0.05, 0) is 6.92 Å². The van der Waals surface area contributed by atoms with Crippen LogP contribution in [0.5, 0.6) is 0 Å². The van der Waals surface area contributed by atoms with Gasteiger partial charge in [0, 0.05) is 25.1 Å². The Balaban J connectivity index is 2.42. The van der Waals surface area contributed by atoms with Gasteiger partial charge >= 0.3 is 0 Å². The molecule has 0 aliphatic rings. The fraction of sp³-hybridized carbons (Fsp3) is 0.222. The van der Waals surface area contributed by atoms with E-state index in [1.165, 1.54) is 10.9 Å². The summed E-state index contributed by atoms with van der Waals surface area (Å²) in [7, 11) is 1.81. The maximum absolute atomic E-state index is 11.8. The number of rotatable bonds is 1. The maximum Gasteiger partial charge on any atom is 0.266 e. The minimum Gasteiger partial charge on any atom is -0.272 e. The number of carbonyl (C=O) groups excluding carboxylic acids is 1. The van der Waals surface area contributed by atoms with Gasteiger partial charge in [0.15, 0.2) is 0 Å². The standard InChI is InChI=1S/C9H10N4O/c1-7-8(5-11-12(7)2)9(14)13-4-3-10-6-13/h3-6H,1-2H3. The molecule has 0 fully saturated rings. The molecule has 0 saturated heterocycles. The van der Waals surface area contributed by atoms with Crippen molar-refractivity contribution in [2.75, 3.05) is 0 Å². The van der Waals surface area contributed by atoms with Crippen LogP contribution in [-0.4, -0.2) is 25.2 Å². The Hall–Kier alpha value is -1.91. The van der Waals surface area contributed by atoms with Crippen molar-refractivity contribution in [3.63, 3.8) is 0 Å². The lowest BCUT2D eigenvalue weighted by molar-refractivity contribution is 0.0959. The van der Waals surface area contributed by atoms with Gasteiger partial charge in [-0.3, -0.25) is 14.0 Å². The first-order valence-electron chi connectivity index (χ1n) is 4.21. The molecule has 5 nitrogen and oxygen atoms in total. The van der Waals surface area contributed by atoms with E-state index >= 15 is 0 Å². The number of carbonyl (C=O) groups is 1. The zero-order chi connectivity index (χ0) is 10.1. The second-order valence-corrected chi connectivity index (χ2v) is 3.04. The number of imidazole rings is 1. The van der Waals surface area contributed by atoms with Crippen LogP contribution in [0.4, 0.5) is 0 Å². The summed E-state index contributed by atoms with van der Waals surface area (Å²) in [5, 5.41) is 4.01. The number of hydrogen-bond acceptors (Lipinski definition) is 3. The van der Waals surface area contributed by atoms with Crippen LogP contribution in [0.3, 0.4) is 0 Å². The lowest BCUT2D eigenvalue weighted by Crippen LogP contribution is -2.10. The Morgan fingerprint density at radius 3 is 2.79 bits per heavy atom. The summed E-state index contributed by atoms with van der Waals surface area (Å²) in [6.45, 7) is 1.86. The van der Waals surface area contributed by atoms with Crippen LogP contribution < -0.4 is 0 Å². The topological polar surface area (TPSA) is 52.7 Å². The quantitative estimate of drug-likeness (QED) is 0.662. The predicted molar refractivity (Wildman–Crippen MR) is 49.9 cm³/mol. The van der Waals surface area contributed by atoms with Crippen LogP contribution in [0.2, 0.25) is 0 Å². The molecule has 0 saturated carbocycles. The average molecular weight is 190 g/mol. The van der Waals surface area contributed by atoms with Crippen molar-refractivity contribution in [3.8, 4) is 0 Å². The summed E-state index contributed by atoms with van der Waals surface area (Å²) in [5.74, 6) is -0.104. The fourth-order valence-electron chi connectivity index (χ4n) is 1.23. The highest BCUT2D eigenvalue weighted by Gasteiger charge is 2.13. The number of aryl methyl sites for hydroxylation is 1. The van der Waals surface area contributed by atoms with Gasteiger partial charge < -0.3 is 0 Å². The summed E-state index contributed by atoms with van der Waals surface area (Å²) >= 11 is 0. The average Bonchev–Trinajstić information content (AvgIpc) is 2.77. The Bertz CT molecular complexity index is 455. The molecule has 0 aromatic carbocycles. The molecule has 0 N–H and O–H groups in total. The third-order valence-electron chi connectivity index (χ3n) is 2.20. The van der Waals surface area contributed by atoms with E-state index in [2.05, 4.69) is 10.1 Å². The van der Waals surface area contributed by atoms with E-state index < -0.39 is 0 Å². The van der Waals surface area contributed by atoms with Gasteiger partial charge in [-0.1, -0.05) is 0 Å². The highest BCUT2D eigenvalue weighted by molar-refractivity contribution is 5.96. The molecule has 2 aromatic heterocycles. The van der Waals surface area contributed by atoms with Crippen LogP contribution in [0, 0.1) is 6.92 Å². The zero-order valence-corrected chi connectivity index (χ0v) is 8.01. The van der Waals surface area contributed by atoms with Gasteiger partial charge in [-0.2, -0.15) is 5.10 Å². The molecule has 2 heterocycles. The smallest absolute Gasteiger partial charge is 0.266 e. The van der Waals surface area contributed by atoms with Crippen molar-refractivity contribution in [3.05, 3.63) is 36.2 Å². The first-order valence-corrected chi connectivity index (χ1v) is 4.21. The molecular weight excluding hydrogens is 180 g/mol. The van der Waals surface area contributed by atoms with Crippen molar-refractivity contribution in [1.29, 1.82) is 0 Å². The monoisotopic (exact) mass is 190 g/mol. The van der Waals surface area contributed by atoms with E-state index in [0.717, 1.165) is 5.69 Å². The van der Waals surface area contributed by atoms with Crippen LogP contribution >= 0.6 is 0 Å². The summed E-state index contributed by atoms with van der Waals surface area (Å²) in [6, 6.07) is 0. The number of hydrogen-bond donors (Lipinski definition) is 0. The van der Waals surface area contributed by atoms with E-state index in [0.29, 0.717) is 5.56 Å². The Kier molecular flexibility index (Phi) is 1.92. The van der Waals surface area contributed by atoms with E-state index in [9.17, 15) is 4.79 Å². The second kappa shape index (κ2) is 3.10. The number of aromatic nitrogens is 4. The molecule has 0 bridgehead atoms. The molecule has 0 radical (unpaired) electrons. The molecule has 0 aliphatic heterocycles. The van der Waals surface area contributed by atoms with Crippen molar-refractivity contribution in [2.24, 2.45) is 7.05 Å². The molecule has 0 atom stereocenters. The van der Waals surface area contributed by atoms with Gasteiger partial charge in [0.2, 0.25) is 0 Å². The van der Waals surface area contributed by atoms with Crippen LogP contribution in [0.15, 0.2) is 24.9 Å². The van der Waals surface area contributed by atoms with Gasteiger partial charge in [0.25, 0.3) is 5.91 Å². The number of nitrogens with zero attached hydrogens (tertiary/aromatic N) is 4. The second-order valence-electron chi connectivity index (χ2n) is 3.04. The molecule has 14 heavy (non-hydrogen) atoms. The largest absolute Gasteiger partial charge is 0.272 e. The minimum atomic E-state index is -0.104. The maximum atomic E-state index is 11.8. The van der Waals surface area contributed by atoms with Crippen molar-refractivity contribution in [1.82, 2.24) is 19.3 Å². The third-order valence-corrected chi connectivity index (χ3v) is 2.20. The van der Waals surface area contributed by atoms with Crippen molar-refractivity contribution < 1.29 is 4.79 Å². The summed E-state index contributed by atoms with van der Waals surface area (Å²) in [6.07, 6.45) is 6.24. The van der Waals surface area contributed by atoms with Gasteiger partial charge in [-0.15, -0.1) is 0 Å². The van der Waals surface area contributed by atoms with E-state index in [1.807, 2.05) is 6.92 Å². The molecule has 72 valence electrons. The van der Waals surface area contributed by atoms with Gasteiger partial charge in [-0.25, -0.2) is 4.98 Å². The highest BCUT2D eigenvalue weighted by atomic mass is 16.2. The van der Waals surface area contributed by atoms with E-state index in [-0.39, 0.29) is 5.91 Å². The van der Waals surface area contributed by atoms with Crippen LogP contribution in [0.25, 0.3) is 0 Å². The minimum absolute atomic E-state index is 0.104. The summed E-state index contributed by atoms with van der Waals surface area (Å²) < 4.78 is 3.11. The lowest BCUT2D eigenvalue weighted by Gasteiger charge is -1.99. The molecule has 2 aromatic rings. The van der Waals surface area contributed by atoms with Crippen LogP contribution in [-0.2, 0) is 7.05 Å². The van der Waals surface area contributed by atoms with E-state index in [1.54, 1.807) is 30.3 Å². The van der Waals surface area contributed by atoms with Gasteiger partial charge in [0.05, 0.1) is 11.8 Å². The molecule has 0 aliphatic carbocycles. The Morgan fingerprint density at radius 2 is 2.29 bits per heavy atom. The molecule has 0 unspecified atom stereocenters. The first kappa shape index (κ1) is 8.68. The van der Waals surface area contributed by atoms with Gasteiger partial charge in [0.1, 0.15) is 6.33 Å². The summed E-state index contributed by atoms with van der Waals surface area (Å²) in [5.41, 5.74) is 1.45. The molecule has 5 heteroatoms. The Morgan fingerprint density at radius 1 is 1.50 bits per heavy atom. The molecular formula is C9H10N4O.